The molecule has 0 saturated heterocycles. The molecule has 0 aliphatic rings. The van der Waals surface area contributed by atoms with Gasteiger partial charge in [-0.1, -0.05) is 0 Å². The molecule has 0 fully saturated rings. The second-order valence-corrected chi connectivity index (χ2v) is 3.62. The zero-order valence-electron chi connectivity index (χ0n) is 8.37. The number of fused-ring (bicyclic) bond motifs is 1. The Hall–Kier alpha value is -1.16. The minimum atomic E-state index is -0.440. The van der Waals surface area contributed by atoms with Crippen molar-refractivity contribution in [2.24, 2.45) is 0 Å². The molecule has 0 aliphatic heterocycles. The number of hydrogen-bond donors (Lipinski definition) is 0. The molecule has 2 aromatic rings. The zero-order valence-corrected chi connectivity index (χ0v) is 9.13. The number of pyridine rings is 1. The molecule has 80 valence electrons. The molecule has 0 saturated carbocycles. The van der Waals surface area contributed by atoms with Crippen molar-refractivity contribution in [2.45, 2.75) is 19.3 Å². The maximum absolute atomic E-state index is 12.4. The average molecular weight is 228 g/mol. The van der Waals surface area contributed by atoms with Gasteiger partial charge in [0.25, 0.3) is 0 Å². The minimum Gasteiger partial charge on any atom is -0.309 e. The highest BCUT2D eigenvalue weighted by atomic mass is 35.5. The number of aromatic nitrogens is 3. The highest BCUT2D eigenvalue weighted by molar-refractivity contribution is 6.16. The van der Waals surface area contributed by atoms with E-state index in [1.165, 1.54) is 0 Å². The average Bonchev–Trinajstić information content (AvgIpc) is 2.56. The molecule has 0 aromatic carbocycles. The molecular weight excluding hydrogens is 217 g/mol. The summed E-state index contributed by atoms with van der Waals surface area (Å²) < 4.78 is 14.1. The van der Waals surface area contributed by atoms with Crippen LogP contribution in [-0.4, -0.2) is 21.2 Å². The number of hydrogen-bond acceptors (Lipinski definition) is 2. The van der Waals surface area contributed by atoms with Crippen LogP contribution in [0.5, 0.6) is 0 Å². The lowest BCUT2D eigenvalue weighted by molar-refractivity contribution is 0.445. The van der Waals surface area contributed by atoms with Crippen LogP contribution in [-0.2, 0) is 12.4 Å². The van der Waals surface area contributed by atoms with E-state index in [0.717, 1.165) is 11.1 Å². The van der Waals surface area contributed by atoms with Gasteiger partial charge in [0.2, 0.25) is 0 Å². The van der Waals surface area contributed by atoms with Crippen molar-refractivity contribution in [1.29, 1.82) is 0 Å². The summed E-state index contributed by atoms with van der Waals surface area (Å²) in [6, 6.07) is 1.92. The van der Waals surface area contributed by atoms with Crippen LogP contribution in [0.4, 0.5) is 4.39 Å². The Bertz CT molecular complexity index is 481. The quantitative estimate of drug-likeness (QED) is 0.755. The standard InChI is InChI=1S/C10H11ClFN3/c1-7-4-8-10(13-6-7)15(3-2-12)9(5-11)14-8/h4,6H,2-3,5H2,1H3. The highest BCUT2D eigenvalue weighted by Gasteiger charge is 2.10. The van der Waals surface area contributed by atoms with Crippen molar-refractivity contribution >= 4 is 22.8 Å². The molecule has 2 rings (SSSR count). The molecule has 3 nitrogen and oxygen atoms in total. The van der Waals surface area contributed by atoms with Crippen LogP contribution in [0.1, 0.15) is 11.4 Å². The van der Waals surface area contributed by atoms with Gasteiger partial charge in [-0.3, -0.25) is 0 Å². The third-order valence-electron chi connectivity index (χ3n) is 2.23. The van der Waals surface area contributed by atoms with Crippen molar-refractivity contribution in [1.82, 2.24) is 14.5 Å². The Morgan fingerprint density at radius 2 is 2.33 bits per heavy atom. The highest BCUT2D eigenvalue weighted by Crippen LogP contribution is 2.16. The summed E-state index contributed by atoms with van der Waals surface area (Å²) in [5.41, 5.74) is 2.52. The van der Waals surface area contributed by atoms with Gasteiger partial charge in [-0.25, -0.2) is 14.4 Å². The first-order valence-electron chi connectivity index (χ1n) is 4.70. The number of imidazole rings is 1. The molecule has 2 aromatic heterocycles. The summed E-state index contributed by atoms with van der Waals surface area (Å²) in [4.78, 5) is 8.56. The van der Waals surface area contributed by atoms with Gasteiger partial charge in [0, 0.05) is 6.20 Å². The summed E-state index contributed by atoms with van der Waals surface area (Å²) in [5, 5.41) is 0. The fourth-order valence-electron chi connectivity index (χ4n) is 1.58. The van der Waals surface area contributed by atoms with Gasteiger partial charge >= 0.3 is 0 Å². The second kappa shape index (κ2) is 4.14. The van der Waals surface area contributed by atoms with Gasteiger partial charge in [0.1, 0.15) is 18.0 Å². The lowest BCUT2D eigenvalue weighted by Gasteiger charge is -2.02. The smallest absolute Gasteiger partial charge is 0.160 e. The Labute approximate surface area is 91.9 Å². The fourth-order valence-corrected chi connectivity index (χ4v) is 1.78. The zero-order chi connectivity index (χ0) is 10.8. The number of rotatable bonds is 3. The van der Waals surface area contributed by atoms with Crippen LogP contribution >= 0.6 is 11.6 Å². The topological polar surface area (TPSA) is 30.7 Å². The molecule has 0 amide bonds. The number of halogens is 2. The number of alkyl halides is 2. The number of aryl methyl sites for hydroxylation is 2. The van der Waals surface area contributed by atoms with Gasteiger partial charge in [0.15, 0.2) is 5.65 Å². The van der Waals surface area contributed by atoms with E-state index in [-0.39, 0.29) is 12.4 Å². The van der Waals surface area contributed by atoms with Crippen LogP contribution in [0.25, 0.3) is 11.2 Å². The summed E-state index contributed by atoms with van der Waals surface area (Å²) in [6.07, 6.45) is 1.75. The first-order valence-corrected chi connectivity index (χ1v) is 5.23. The van der Waals surface area contributed by atoms with Crippen LogP contribution in [0.3, 0.4) is 0 Å². The molecule has 5 heteroatoms. The molecule has 0 N–H and O–H groups in total. The van der Waals surface area contributed by atoms with E-state index in [9.17, 15) is 4.39 Å². The molecule has 0 aliphatic carbocycles. The molecular formula is C10H11ClFN3. The third-order valence-corrected chi connectivity index (χ3v) is 2.47. The van der Waals surface area contributed by atoms with Crippen molar-refractivity contribution in [3.8, 4) is 0 Å². The SMILES string of the molecule is Cc1cnc2c(c1)nc(CCl)n2CCF. The molecule has 0 bridgehead atoms. The monoisotopic (exact) mass is 227 g/mol. The normalized spacial score (nSPS) is 11.1. The van der Waals surface area contributed by atoms with E-state index >= 15 is 0 Å². The molecule has 0 unspecified atom stereocenters. The molecule has 0 spiro atoms. The van der Waals surface area contributed by atoms with Crippen molar-refractivity contribution in [2.75, 3.05) is 6.67 Å². The van der Waals surface area contributed by atoms with Crippen LogP contribution < -0.4 is 0 Å². The minimum absolute atomic E-state index is 0.259. The van der Waals surface area contributed by atoms with E-state index in [0.29, 0.717) is 11.5 Å². The summed E-state index contributed by atoms with van der Waals surface area (Å²) in [5.74, 6) is 0.942. The second-order valence-electron chi connectivity index (χ2n) is 3.36. The van der Waals surface area contributed by atoms with Gasteiger partial charge in [-0.2, -0.15) is 0 Å². The van der Waals surface area contributed by atoms with Gasteiger partial charge < -0.3 is 4.57 Å². The lowest BCUT2D eigenvalue weighted by Crippen LogP contribution is -2.04. The summed E-state index contributed by atoms with van der Waals surface area (Å²) in [6.45, 7) is 1.76. The van der Waals surface area contributed by atoms with E-state index < -0.39 is 6.67 Å². The fraction of sp³-hybridized carbons (Fsp3) is 0.400. The van der Waals surface area contributed by atoms with Gasteiger partial charge in [0.05, 0.1) is 12.4 Å². The van der Waals surface area contributed by atoms with E-state index in [4.69, 9.17) is 11.6 Å². The summed E-state index contributed by atoms with van der Waals surface area (Å²) >= 11 is 5.75. The Morgan fingerprint density at radius 3 is 3.00 bits per heavy atom. The maximum atomic E-state index is 12.4. The van der Waals surface area contributed by atoms with Crippen molar-refractivity contribution in [3.05, 3.63) is 23.7 Å². The maximum Gasteiger partial charge on any atom is 0.160 e. The van der Waals surface area contributed by atoms with Crippen LogP contribution in [0.15, 0.2) is 12.3 Å². The predicted octanol–water partition coefficient (Wildman–Crippen LogP) is 2.45. The first kappa shape index (κ1) is 10.4. The molecule has 15 heavy (non-hydrogen) atoms. The Morgan fingerprint density at radius 1 is 1.53 bits per heavy atom. The van der Waals surface area contributed by atoms with E-state index in [1.807, 2.05) is 13.0 Å². The largest absolute Gasteiger partial charge is 0.309 e. The van der Waals surface area contributed by atoms with Crippen molar-refractivity contribution < 1.29 is 4.39 Å². The molecule has 2 heterocycles. The van der Waals surface area contributed by atoms with Crippen LogP contribution in [0.2, 0.25) is 0 Å². The Balaban J connectivity index is 2.63. The number of nitrogens with zero attached hydrogens (tertiary/aromatic N) is 3. The van der Waals surface area contributed by atoms with E-state index in [1.54, 1.807) is 10.8 Å². The first-order chi connectivity index (χ1) is 7.26. The van der Waals surface area contributed by atoms with Crippen molar-refractivity contribution in [3.63, 3.8) is 0 Å². The third kappa shape index (κ3) is 1.81. The Kier molecular flexibility index (Phi) is 2.86. The lowest BCUT2D eigenvalue weighted by atomic mass is 10.3. The van der Waals surface area contributed by atoms with Gasteiger partial charge in [-0.05, 0) is 18.6 Å². The summed E-state index contributed by atoms with van der Waals surface area (Å²) in [7, 11) is 0. The van der Waals surface area contributed by atoms with Crippen LogP contribution in [0, 0.1) is 6.92 Å². The molecule has 0 radical (unpaired) electrons. The molecule has 0 atom stereocenters. The van der Waals surface area contributed by atoms with Gasteiger partial charge in [-0.15, -0.1) is 11.6 Å². The predicted molar refractivity (Wildman–Crippen MR) is 57.8 cm³/mol. The van der Waals surface area contributed by atoms with E-state index in [2.05, 4.69) is 9.97 Å².